The van der Waals surface area contributed by atoms with Gasteiger partial charge in [0.2, 0.25) is 5.91 Å². The zero-order valence-electron chi connectivity index (χ0n) is 21.6. The van der Waals surface area contributed by atoms with Crippen molar-refractivity contribution in [2.24, 2.45) is 11.3 Å². The number of anilines is 1. The molecule has 0 bridgehead atoms. The average Bonchev–Trinajstić information content (AvgIpc) is 3.26. The highest BCUT2D eigenvalue weighted by Crippen LogP contribution is 2.40. The maximum absolute atomic E-state index is 14.9. The van der Waals surface area contributed by atoms with Crippen LogP contribution in [-0.4, -0.2) is 33.2 Å². The molecule has 0 unspecified atom stereocenters. The number of hydrogen-bond donors (Lipinski definition) is 2. The normalized spacial score (nSPS) is 20.8. The van der Waals surface area contributed by atoms with Crippen molar-refractivity contribution in [3.05, 3.63) is 35.4 Å². The highest BCUT2D eigenvalue weighted by molar-refractivity contribution is 5.92. The van der Waals surface area contributed by atoms with Crippen molar-refractivity contribution in [3.8, 4) is 17.3 Å². The van der Waals surface area contributed by atoms with Gasteiger partial charge >= 0.3 is 6.09 Å². The number of carbonyl (C=O) groups is 2. The summed E-state index contributed by atoms with van der Waals surface area (Å²) < 4.78 is 22.2. The van der Waals surface area contributed by atoms with E-state index in [9.17, 15) is 19.2 Å². The van der Waals surface area contributed by atoms with E-state index in [1.54, 1.807) is 26.8 Å². The second kappa shape index (κ2) is 9.57. The van der Waals surface area contributed by atoms with Gasteiger partial charge in [-0.3, -0.25) is 4.79 Å². The van der Waals surface area contributed by atoms with Crippen molar-refractivity contribution >= 4 is 17.8 Å². The maximum Gasteiger partial charge on any atom is 0.407 e. The molecule has 1 aliphatic heterocycles. The molecule has 2 atom stereocenters. The van der Waals surface area contributed by atoms with Gasteiger partial charge in [-0.25, -0.2) is 14.2 Å². The lowest BCUT2D eigenvalue weighted by Crippen LogP contribution is -2.43. The van der Waals surface area contributed by atoms with Crippen LogP contribution in [0.2, 0.25) is 0 Å². The van der Waals surface area contributed by atoms with Gasteiger partial charge in [-0.15, -0.1) is 0 Å². The van der Waals surface area contributed by atoms with E-state index in [1.165, 1.54) is 6.07 Å². The zero-order valence-corrected chi connectivity index (χ0v) is 21.6. The SMILES string of the molecule is CC1(C)Cc2c(C#N)cc(-c3cc(NC(=O)[C@H]4CCC[C@@H](NC(=O)OC(C)(C)C)C4)ncc3F)n2C1. The lowest BCUT2D eigenvalue weighted by Gasteiger charge is -2.30. The molecule has 9 heteroatoms. The molecule has 192 valence electrons. The van der Waals surface area contributed by atoms with Gasteiger partial charge in [0.15, 0.2) is 5.82 Å². The van der Waals surface area contributed by atoms with Crippen LogP contribution in [0.1, 0.15) is 71.6 Å². The number of ether oxygens (including phenoxy) is 1. The van der Waals surface area contributed by atoms with Crippen molar-refractivity contribution in [1.82, 2.24) is 14.9 Å². The molecular weight excluding hydrogens is 461 g/mol. The lowest BCUT2D eigenvalue weighted by atomic mass is 9.85. The van der Waals surface area contributed by atoms with E-state index in [-0.39, 0.29) is 29.1 Å². The number of fused-ring (bicyclic) bond motifs is 1. The summed E-state index contributed by atoms with van der Waals surface area (Å²) in [6, 6.07) is 5.31. The summed E-state index contributed by atoms with van der Waals surface area (Å²) in [7, 11) is 0. The first-order valence-corrected chi connectivity index (χ1v) is 12.4. The van der Waals surface area contributed by atoms with Crippen molar-refractivity contribution in [2.45, 2.75) is 84.9 Å². The van der Waals surface area contributed by atoms with Gasteiger partial charge in [-0.1, -0.05) is 20.3 Å². The van der Waals surface area contributed by atoms with Crippen molar-refractivity contribution in [2.75, 3.05) is 5.32 Å². The minimum atomic E-state index is -0.592. The monoisotopic (exact) mass is 495 g/mol. The quantitative estimate of drug-likeness (QED) is 0.609. The van der Waals surface area contributed by atoms with E-state index in [0.717, 1.165) is 31.2 Å². The number of nitriles is 1. The first kappa shape index (κ1) is 25.7. The fourth-order valence-corrected chi connectivity index (χ4v) is 5.18. The molecule has 0 saturated heterocycles. The Morgan fingerprint density at radius 1 is 1.28 bits per heavy atom. The summed E-state index contributed by atoms with van der Waals surface area (Å²) in [5.41, 5.74) is 1.75. The summed E-state index contributed by atoms with van der Waals surface area (Å²) in [4.78, 5) is 29.3. The van der Waals surface area contributed by atoms with E-state index in [2.05, 4.69) is 35.5 Å². The molecule has 2 N–H and O–H groups in total. The van der Waals surface area contributed by atoms with E-state index in [1.807, 2.05) is 4.57 Å². The molecule has 36 heavy (non-hydrogen) atoms. The molecule has 2 aromatic heterocycles. The van der Waals surface area contributed by atoms with Crippen LogP contribution in [0, 0.1) is 28.5 Å². The number of alkyl carbamates (subject to hydrolysis) is 1. The van der Waals surface area contributed by atoms with Crippen LogP contribution in [0.4, 0.5) is 15.0 Å². The third kappa shape index (κ3) is 5.69. The third-order valence-electron chi connectivity index (χ3n) is 6.71. The minimum absolute atomic E-state index is 0.0254. The Hall–Kier alpha value is -3.41. The topological polar surface area (TPSA) is 109 Å². The summed E-state index contributed by atoms with van der Waals surface area (Å²) in [6.45, 7) is 10.3. The summed E-state index contributed by atoms with van der Waals surface area (Å²) in [5.74, 6) is -0.778. The van der Waals surface area contributed by atoms with E-state index in [4.69, 9.17) is 4.74 Å². The van der Waals surface area contributed by atoms with E-state index in [0.29, 0.717) is 36.2 Å². The van der Waals surface area contributed by atoms with E-state index < -0.39 is 17.5 Å². The average molecular weight is 496 g/mol. The third-order valence-corrected chi connectivity index (χ3v) is 6.71. The molecular formula is C27H34FN5O3. The van der Waals surface area contributed by atoms with Gasteiger partial charge in [0.1, 0.15) is 17.5 Å². The van der Waals surface area contributed by atoms with Gasteiger partial charge in [-0.05, 0) is 64.0 Å². The summed E-state index contributed by atoms with van der Waals surface area (Å²) in [5, 5.41) is 15.3. The lowest BCUT2D eigenvalue weighted by molar-refractivity contribution is -0.121. The molecule has 2 amide bonds. The van der Waals surface area contributed by atoms with Crippen LogP contribution in [-0.2, 0) is 22.5 Å². The summed E-state index contributed by atoms with van der Waals surface area (Å²) in [6.07, 6.45) is 4.11. The molecule has 2 aromatic rings. The molecule has 8 nitrogen and oxygen atoms in total. The fraction of sp³-hybridized carbons (Fsp3) is 0.556. The van der Waals surface area contributed by atoms with Crippen molar-refractivity contribution in [3.63, 3.8) is 0 Å². The van der Waals surface area contributed by atoms with Gasteiger partial charge in [-0.2, -0.15) is 5.26 Å². The van der Waals surface area contributed by atoms with Gasteiger partial charge in [0, 0.05) is 29.8 Å². The Kier molecular flexibility index (Phi) is 6.82. The Morgan fingerprint density at radius 3 is 2.72 bits per heavy atom. The zero-order chi connectivity index (χ0) is 26.3. The van der Waals surface area contributed by atoms with Crippen LogP contribution in [0.25, 0.3) is 11.3 Å². The number of nitrogens with zero attached hydrogens (tertiary/aromatic N) is 3. The number of rotatable bonds is 4. The predicted octanol–water partition coefficient (Wildman–Crippen LogP) is 5.17. The highest BCUT2D eigenvalue weighted by atomic mass is 19.1. The molecule has 1 saturated carbocycles. The number of pyridine rings is 1. The van der Waals surface area contributed by atoms with E-state index >= 15 is 0 Å². The van der Waals surface area contributed by atoms with Crippen LogP contribution in [0.3, 0.4) is 0 Å². The number of halogens is 1. The number of amides is 2. The largest absolute Gasteiger partial charge is 0.444 e. The smallest absolute Gasteiger partial charge is 0.407 e. The van der Waals surface area contributed by atoms with Gasteiger partial charge in [0.25, 0.3) is 0 Å². The Labute approximate surface area is 211 Å². The Balaban J connectivity index is 1.48. The number of aromatic nitrogens is 2. The van der Waals surface area contributed by atoms with Crippen LogP contribution >= 0.6 is 0 Å². The second-order valence-corrected chi connectivity index (χ2v) is 11.7. The summed E-state index contributed by atoms with van der Waals surface area (Å²) >= 11 is 0. The van der Waals surface area contributed by atoms with Gasteiger partial charge in [0.05, 0.1) is 17.5 Å². The number of hydrogen-bond acceptors (Lipinski definition) is 5. The van der Waals surface area contributed by atoms with Crippen molar-refractivity contribution < 1.29 is 18.7 Å². The highest BCUT2D eigenvalue weighted by Gasteiger charge is 2.34. The van der Waals surface area contributed by atoms with Gasteiger partial charge < -0.3 is 19.9 Å². The Morgan fingerprint density at radius 2 is 2.03 bits per heavy atom. The van der Waals surface area contributed by atoms with Crippen molar-refractivity contribution in [1.29, 1.82) is 5.26 Å². The number of carbonyl (C=O) groups excluding carboxylic acids is 2. The number of nitrogens with one attached hydrogen (secondary N) is 2. The van der Waals surface area contributed by atoms with Crippen LogP contribution in [0.5, 0.6) is 0 Å². The first-order chi connectivity index (χ1) is 16.8. The molecule has 4 rings (SSSR count). The molecule has 3 heterocycles. The fourth-order valence-electron chi connectivity index (χ4n) is 5.18. The molecule has 1 fully saturated rings. The standard InChI is InChI=1S/C27H34FN5O3/c1-26(2,3)36-25(35)31-18-8-6-7-16(9-18)24(34)32-23-11-19(20(28)14-30-23)21-10-17(13-29)22-12-27(4,5)15-33(21)22/h10-11,14,16,18H,6-9,12,15H2,1-5H3,(H,31,35)(H,30,32,34)/t16-,18+/m0/s1. The first-order valence-electron chi connectivity index (χ1n) is 12.4. The maximum atomic E-state index is 14.9. The molecule has 1 aliphatic carbocycles. The van der Waals surface area contributed by atoms with Crippen LogP contribution < -0.4 is 10.6 Å². The minimum Gasteiger partial charge on any atom is -0.444 e. The Bertz CT molecular complexity index is 1220. The molecule has 0 aromatic carbocycles. The molecule has 2 aliphatic rings. The predicted molar refractivity (Wildman–Crippen MR) is 134 cm³/mol. The van der Waals surface area contributed by atoms with Crippen LogP contribution in [0.15, 0.2) is 18.3 Å². The molecule has 0 radical (unpaired) electrons. The second-order valence-electron chi connectivity index (χ2n) is 11.7. The molecule has 0 spiro atoms.